The predicted molar refractivity (Wildman–Crippen MR) is 84.0 cm³/mol. The van der Waals surface area contributed by atoms with Crippen LogP contribution in [0.1, 0.15) is 31.9 Å². The second kappa shape index (κ2) is 6.32. The molecular formula is C15H23FN2O2S. The Kier molecular flexibility index (Phi) is 4.88. The zero-order chi connectivity index (χ0) is 15.6. The fraction of sp³-hybridized carbons (Fsp3) is 0.600. The lowest BCUT2D eigenvalue weighted by molar-refractivity contribution is 0.578. The normalized spacial score (nSPS) is 22.2. The van der Waals surface area contributed by atoms with Gasteiger partial charge >= 0.3 is 0 Å². The second-order valence-corrected chi connectivity index (χ2v) is 7.88. The van der Waals surface area contributed by atoms with Gasteiger partial charge < -0.3 is 10.2 Å². The molecule has 1 N–H and O–H groups in total. The topological polar surface area (TPSA) is 49.4 Å². The number of anilines is 1. The predicted octanol–water partition coefficient (Wildman–Crippen LogP) is 2.12. The van der Waals surface area contributed by atoms with E-state index in [-0.39, 0.29) is 29.4 Å². The highest BCUT2D eigenvalue weighted by molar-refractivity contribution is 7.91. The van der Waals surface area contributed by atoms with Gasteiger partial charge in [0.1, 0.15) is 5.82 Å². The average molecular weight is 314 g/mol. The van der Waals surface area contributed by atoms with Crippen molar-refractivity contribution in [3.8, 4) is 0 Å². The van der Waals surface area contributed by atoms with Crippen LogP contribution >= 0.6 is 0 Å². The molecule has 2 unspecified atom stereocenters. The Morgan fingerprint density at radius 2 is 2.19 bits per heavy atom. The SMILES string of the molecule is CCNC(C)c1cc(F)ccc1N(C)C1CCS(=O)(=O)C1. The van der Waals surface area contributed by atoms with Crippen molar-refractivity contribution in [1.29, 1.82) is 0 Å². The summed E-state index contributed by atoms with van der Waals surface area (Å²) in [6.45, 7) is 4.78. The molecule has 1 saturated heterocycles. The molecule has 6 heteroatoms. The molecule has 1 aromatic carbocycles. The number of sulfone groups is 1. The minimum absolute atomic E-state index is 0.0150. The molecule has 0 aromatic heterocycles. The maximum absolute atomic E-state index is 13.6. The van der Waals surface area contributed by atoms with E-state index in [0.29, 0.717) is 6.42 Å². The molecule has 1 aliphatic heterocycles. The molecule has 0 radical (unpaired) electrons. The van der Waals surface area contributed by atoms with Gasteiger partial charge in [0.05, 0.1) is 11.5 Å². The van der Waals surface area contributed by atoms with E-state index in [1.54, 1.807) is 6.07 Å². The van der Waals surface area contributed by atoms with Gasteiger partial charge in [-0.05, 0) is 43.7 Å². The lowest BCUT2D eigenvalue weighted by Crippen LogP contribution is -2.34. The van der Waals surface area contributed by atoms with Crippen molar-refractivity contribution < 1.29 is 12.8 Å². The Hall–Kier alpha value is -1.14. The van der Waals surface area contributed by atoms with Crippen molar-refractivity contribution in [1.82, 2.24) is 5.32 Å². The van der Waals surface area contributed by atoms with Gasteiger partial charge in [0.25, 0.3) is 0 Å². The van der Waals surface area contributed by atoms with Gasteiger partial charge in [0, 0.05) is 24.8 Å². The van der Waals surface area contributed by atoms with E-state index >= 15 is 0 Å². The lowest BCUT2D eigenvalue weighted by atomic mass is 10.0. The molecule has 4 nitrogen and oxygen atoms in total. The first-order chi connectivity index (χ1) is 9.84. The van der Waals surface area contributed by atoms with Gasteiger partial charge in [0.2, 0.25) is 0 Å². The number of hydrogen-bond acceptors (Lipinski definition) is 4. The Morgan fingerprint density at radius 3 is 2.76 bits per heavy atom. The summed E-state index contributed by atoms with van der Waals surface area (Å²) in [5.41, 5.74) is 1.76. The van der Waals surface area contributed by atoms with Crippen molar-refractivity contribution in [3.05, 3.63) is 29.6 Å². The molecule has 1 aliphatic rings. The van der Waals surface area contributed by atoms with Crippen molar-refractivity contribution in [2.24, 2.45) is 0 Å². The fourth-order valence-electron chi connectivity index (χ4n) is 2.89. The van der Waals surface area contributed by atoms with Crippen LogP contribution in [-0.4, -0.2) is 39.6 Å². The first-order valence-electron chi connectivity index (χ1n) is 7.30. The van der Waals surface area contributed by atoms with Crippen molar-refractivity contribution in [2.45, 2.75) is 32.4 Å². The molecule has 0 bridgehead atoms. The Labute approximate surface area is 126 Å². The van der Waals surface area contributed by atoms with E-state index < -0.39 is 9.84 Å². The van der Waals surface area contributed by atoms with E-state index in [2.05, 4.69) is 5.32 Å². The number of hydrogen-bond donors (Lipinski definition) is 1. The molecule has 0 amide bonds. The largest absolute Gasteiger partial charge is 0.370 e. The Bertz CT molecular complexity index is 604. The minimum atomic E-state index is -2.93. The maximum atomic E-state index is 13.6. The van der Waals surface area contributed by atoms with Crippen molar-refractivity contribution in [2.75, 3.05) is 30.0 Å². The zero-order valence-corrected chi connectivity index (χ0v) is 13.6. The summed E-state index contributed by atoms with van der Waals surface area (Å²) in [5.74, 6) is 0.142. The minimum Gasteiger partial charge on any atom is -0.370 e. The van der Waals surface area contributed by atoms with Gasteiger partial charge in [-0.2, -0.15) is 0 Å². The molecule has 118 valence electrons. The third kappa shape index (κ3) is 3.74. The van der Waals surface area contributed by atoms with Gasteiger partial charge in [0.15, 0.2) is 9.84 Å². The van der Waals surface area contributed by atoms with Crippen LogP contribution in [0.15, 0.2) is 18.2 Å². The van der Waals surface area contributed by atoms with Crippen molar-refractivity contribution in [3.63, 3.8) is 0 Å². The first-order valence-corrected chi connectivity index (χ1v) is 9.12. The van der Waals surface area contributed by atoms with E-state index in [4.69, 9.17) is 0 Å². The molecular weight excluding hydrogens is 291 g/mol. The molecule has 21 heavy (non-hydrogen) atoms. The summed E-state index contributed by atoms with van der Waals surface area (Å²) in [6, 6.07) is 4.68. The summed E-state index contributed by atoms with van der Waals surface area (Å²) in [7, 11) is -1.04. The van der Waals surface area contributed by atoms with E-state index in [9.17, 15) is 12.8 Å². The maximum Gasteiger partial charge on any atom is 0.152 e. The lowest BCUT2D eigenvalue weighted by Gasteiger charge is -2.30. The van der Waals surface area contributed by atoms with Gasteiger partial charge in [-0.15, -0.1) is 0 Å². The molecule has 2 atom stereocenters. The van der Waals surface area contributed by atoms with E-state index in [1.165, 1.54) is 12.1 Å². The van der Waals surface area contributed by atoms with Gasteiger partial charge in [-0.25, -0.2) is 12.8 Å². The molecule has 0 saturated carbocycles. The van der Waals surface area contributed by atoms with Crippen LogP contribution in [0, 0.1) is 5.82 Å². The van der Waals surface area contributed by atoms with Crippen LogP contribution in [0.3, 0.4) is 0 Å². The number of rotatable bonds is 5. The standard InChI is InChI=1S/C15H23FN2O2S/c1-4-17-11(2)14-9-12(16)5-6-15(14)18(3)13-7-8-21(19,20)10-13/h5-6,9,11,13,17H,4,7-8,10H2,1-3H3. The highest BCUT2D eigenvalue weighted by Gasteiger charge is 2.31. The fourth-order valence-corrected chi connectivity index (χ4v) is 4.66. The third-order valence-electron chi connectivity index (χ3n) is 4.10. The number of nitrogens with zero attached hydrogens (tertiary/aromatic N) is 1. The van der Waals surface area contributed by atoms with Gasteiger partial charge in [-0.3, -0.25) is 0 Å². The average Bonchev–Trinajstić information content (AvgIpc) is 2.78. The molecule has 1 fully saturated rings. The summed E-state index contributed by atoms with van der Waals surface area (Å²) >= 11 is 0. The van der Waals surface area contributed by atoms with Crippen LogP contribution in [0.2, 0.25) is 0 Å². The molecule has 1 aromatic rings. The van der Waals surface area contributed by atoms with E-state index in [1.807, 2.05) is 25.8 Å². The quantitative estimate of drug-likeness (QED) is 0.904. The zero-order valence-electron chi connectivity index (χ0n) is 12.8. The number of benzene rings is 1. The molecule has 1 heterocycles. The summed E-state index contributed by atoms with van der Waals surface area (Å²) < 4.78 is 36.9. The number of halogens is 1. The molecule has 0 spiro atoms. The summed E-state index contributed by atoms with van der Waals surface area (Å²) in [5, 5.41) is 3.28. The summed E-state index contributed by atoms with van der Waals surface area (Å²) in [4.78, 5) is 1.98. The van der Waals surface area contributed by atoms with E-state index in [0.717, 1.165) is 17.8 Å². The number of nitrogens with one attached hydrogen (secondary N) is 1. The highest BCUT2D eigenvalue weighted by atomic mass is 32.2. The Balaban J connectivity index is 2.30. The van der Waals surface area contributed by atoms with Crippen LogP contribution in [0.4, 0.5) is 10.1 Å². The molecule has 2 rings (SSSR count). The van der Waals surface area contributed by atoms with Crippen LogP contribution in [0.25, 0.3) is 0 Å². The molecule has 0 aliphatic carbocycles. The van der Waals surface area contributed by atoms with Crippen LogP contribution < -0.4 is 10.2 Å². The van der Waals surface area contributed by atoms with Gasteiger partial charge in [-0.1, -0.05) is 6.92 Å². The van der Waals surface area contributed by atoms with Crippen molar-refractivity contribution >= 4 is 15.5 Å². The second-order valence-electron chi connectivity index (χ2n) is 5.65. The Morgan fingerprint density at radius 1 is 1.48 bits per heavy atom. The highest BCUT2D eigenvalue weighted by Crippen LogP contribution is 2.30. The summed E-state index contributed by atoms with van der Waals surface area (Å²) in [6.07, 6.45) is 0.630. The third-order valence-corrected chi connectivity index (χ3v) is 5.85. The smallest absolute Gasteiger partial charge is 0.152 e. The monoisotopic (exact) mass is 314 g/mol. The van der Waals surface area contributed by atoms with Crippen LogP contribution in [0.5, 0.6) is 0 Å². The first kappa shape index (κ1) is 16.2. The van der Waals surface area contributed by atoms with Crippen LogP contribution in [-0.2, 0) is 9.84 Å².